The molecule has 0 saturated heterocycles. The van der Waals surface area contributed by atoms with E-state index in [9.17, 15) is 9.59 Å². The summed E-state index contributed by atoms with van der Waals surface area (Å²) in [6.07, 6.45) is 0. The molecule has 0 aliphatic rings. The lowest BCUT2D eigenvalue weighted by molar-refractivity contribution is -0.124. The SMILES string of the molecule is CCNC(=O)CN(C)C(C)C(=O)Nc1cccc(C#N)c1. The highest BCUT2D eigenvalue weighted by atomic mass is 16.2. The van der Waals surface area contributed by atoms with E-state index in [0.717, 1.165) is 0 Å². The Bertz CT molecular complexity index is 551. The lowest BCUT2D eigenvalue weighted by Gasteiger charge is -2.23. The topological polar surface area (TPSA) is 85.2 Å². The molecule has 0 spiro atoms. The fourth-order valence-electron chi connectivity index (χ4n) is 1.73. The van der Waals surface area contributed by atoms with Crippen LogP contribution in [-0.4, -0.2) is 42.9 Å². The molecule has 0 radical (unpaired) electrons. The molecule has 1 unspecified atom stereocenters. The van der Waals surface area contributed by atoms with Crippen LogP contribution in [0.25, 0.3) is 0 Å². The fourth-order valence-corrected chi connectivity index (χ4v) is 1.73. The van der Waals surface area contributed by atoms with Crippen molar-refractivity contribution in [2.24, 2.45) is 0 Å². The zero-order valence-electron chi connectivity index (χ0n) is 12.5. The fraction of sp³-hybridized carbons (Fsp3) is 0.400. The normalized spacial score (nSPS) is 11.6. The van der Waals surface area contributed by atoms with Crippen LogP contribution in [0.5, 0.6) is 0 Å². The van der Waals surface area contributed by atoms with Gasteiger partial charge in [0.15, 0.2) is 0 Å². The minimum atomic E-state index is -0.460. The summed E-state index contributed by atoms with van der Waals surface area (Å²) in [7, 11) is 1.71. The Morgan fingerprint density at radius 2 is 2.14 bits per heavy atom. The molecule has 0 fully saturated rings. The number of nitrogens with zero attached hydrogens (tertiary/aromatic N) is 2. The molecule has 0 saturated carbocycles. The maximum Gasteiger partial charge on any atom is 0.241 e. The number of carbonyl (C=O) groups is 2. The van der Waals surface area contributed by atoms with E-state index in [-0.39, 0.29) is 18.4 Å². The summed E-state index contributed by atoms with van der Waals surface area (Å²) in [6.45, 7) is 4.29. The van der Waals surface area contributed by atoms with E-state index in [2.05, 4.69) is 10.6 Å². The van der Waals surface area contributed by atoms with Gasteiger partial charge in [0, 0.05) is 12.2 Å². The molecule has 1 rings (SSSR count). The third-order valence-electron chi connectivity index (χ3n) is 3.07. The maximum absolute atomic E-state index is 12.1. The van der Waals surface area contributed by atoms with E-state index in [0.29, 0.717) is 17.8 Å². The van der Waals surface area contributed by atoms with Crippen molar-refractivity contribution in [3.8, 4) is 6.07 Å². The molecule has 112 valence electrons. The Hall–Kier alpha value is -2.39. The molecular weight excluding hydrogens is 268 g/mol. The number of anilines is 1. The molecule has 1 aromatic rings. The quantitative estimate of drug-likeness (QED) is 0.816. The summed E-state index contributed by atoms with van der Waals surface area (Å²) in [5, 5.41) is 14.3. The average Bonchev–Trinajstić information content (AvgIpc) is 2.46. The van der Waals surface area contributed by atoms with Gasteiger partial charge in [-0.25, -0.2) is 0 Å². The van der Waals surface area contributed by atoms with Crippen LogP contribution in [0.2, 0.25) is 0 Å². The van der Waals surface area contributed by atoms with Gasteiger partial charge in [0.25, 0.3) is 0 Å². The van der Waals surface area contributed by atoms with Crippen LogP contribution < -0.4 is 10.6 Å². The molecule has 2 N–H and O–H groups in total. The van der Waals surface area contributed by atoms with E-state index in [1.54, 1.807) is 43.1 Å². The Labute approximate surface area is 124 Å². The summed E-state index contributed by atoms with van der Waals surface area (Å²) in [5.41, 5.74) is 1.05. The van der Waals surface area contributed by atoms with Gasteiger partial charge < -0.3 is 10.6 Å². The average molecular weight is 288 g/mol. The van der Waals surface area contributed by atoms with Gasteiger partial charge in [-0.1, -0.05) is 6.07 Å². The van der Waals surface area contributed by atoms with Crippen LogP contribution in [0.4, 0.5) is 5.69 Å². The van der Waals surface area contributed by atoms with E-state index in [4.69, 9.17) is 5.26 Å². The molecule has 1 aromatic carbocycles. The second-order valence-electron chi connectivity index (χ2n) is 4.73. The molecule has 2 amide bonds. The predicted molar refractivity (Wildman–Crippen MR) is 80.6 cm³/mol. The first-order valence-electron chi connectivity index (χ1n) is 6.76. The molecule has 6 nitrogen and oxygen atoms in total. The Balaban J connectivity index is 2.61. The first-order chi connectivity index (χ1) is 9.97. The van der Waals surface area contributed by atoms with Crippen LogP contribution in [0.1, 0.15) is 19.4 Å². The van der Waals surface area contributed by atoms with Crippen molar-refractivity contribution in [3.05, 3.63) is 29.8 Å². The molecular formula is C15H20N4O2. The second kappa shape index (κ2) is 8.02. The number of carbonyl (C=O) groups excluding carboxylic acids is 2. The van der Waals surface area contributed by atoms with Crippen LogP contribution in [0.3, 0.4) is 0 Å². The molecule has 0 bridgehead atoms. The Kier molecular flexibility index (Phi) is 6.37. The second-order valence-corrected chi connectivity index (χ2v) is 4.73. The molecule has 0 heterocycles. The smallest absolute Gasteiger partial charge is 0.241 e. The lowest BCUT2D eigenvalue weighted by atomic mass is 10.2. The number of rotatable bonds is 6. The standard InChI is InChI=1S/C15H20N4O2/c1-4-17-14(20)10-19(3)11(2)15(21)18-13-7-5-6-12(8-13)9-16/h5-8,11H,4,10H2,1-3H3,(H,17,20)(H,18,21). The highest BCUT2D eigenvalue weighted by Crippen LogP contribution is 2.11. The summed E-state index contributed by atoms with van der Waals surface area (Å²) in [5.74, 6) is -0.344. The number of likely N-dealkylation sites (N-methyl/N-ethyl adjacent to an activating group) is 2. The molecule has 0 aliphatic carbocycles. The van der Waals surface area contributed by atoms with Gasteiger partial charge in [-0.3, -0.25) is 14.5 Å². The first-order valence-corrected chi connectivity index (χ1v) is 6.76. The van der Waals surface area contributed by atoms with Gasteiger partial charge in [0.2, 0.25) is 11.8 Å². The number of nitriles is 1. The van der Waals surface area contributed by atoms with E-state index in [1.807, 2.05) is 13.0 Å². The number of hydrogen-bond acceptors (Lipinski definition) is 4. The number of amides is 2. The zero-order chi connectivity index (χ0) is 15.8. The minimum absolute atomic E-state index is 0.119. The summed E-state index contributed by atoms with van der Waals surface area (Å²) < 4.78 is 0. The van der Waals surface area contributed by atoms with E-state index in [1.165, 1.54) is 0 Å². The number of nitrogens with one attached hydrogen (secondary N) is 2. The van der Waals surface area contributed by atoms with Crippen molar-refractivity contribution >= 4 is 17.5 Å². The highest BCUT2D eigenvalue weighted by molar-refractivity contribution is 5.95. The molecule has 6 heteroatoms. The van der Waals surface area contributed by atoms with Gasteiger partial charge in [0.1, 0.15) is 0 Å². The predicted octanol–water partition coefficient (Wildman–Crippen LogP) is 0.953. The molecule has 0 aliphatic heterocycles. The van der Waals surface area contributed by atoms with E-state index < -0.39 is 6.04 Å². The van der Waals surface area contributed by atoms with Crippen LogP contribution in [0.15, 0.2) is 24.3 Å². The summed E-state index contributed by atoms with van der Waals surface area (Å²) in [4.78, 5) is 25.3. The number of hydrogen-bond donors (Lipinski definition) is 2. The lowest BCUT2D eigenvalue weighted by Crippen LogP contribution is -2.44. The van der Waals surface area contributed by atoms with Gasteiger partial charge >= 0.3 is 0 Å². The Morgan fingerprint density at radius 3 is 2.76 bits per heavy atom. The van der Waals surface area contributed by atoms with Crippen molar-refractivity contribution in [1.29, 1.82) is 5.26 Å². The monoisotopic (exact) mass is 288 g/mol. The van der Waals surface area contributed by atoms with Crippen LogP contribution in [0, 0.1) is 11.3 Å². The highest BCUT2D eigenvalue weighted by Gasteiger charge is 2.20. The zero-order valence-corrected chi connectivity index (χ0v) is 12.5. The van der Waals surface area contributed by atoms with Gasteiger partial charge in [0.05, 0.1) is 24.2 Å². The van der Waals surface area contributed by atoms with Crippen LogP contribution >= 0.6 is 0 Å². The summed E-state index contributed by atoms with van der Waals surface area (Å²) >= 11 is 0. The van der Waals surface area contributed by atoms with Crippen molar-refractivity contribution in [2.75, 3.05) is 25.5 Å². The Morgan fingerprint density at radius 1 is 1.43 bits per heavy atom. The van der Waals surface area contributed by atoms with Crippen molar-refractivity contribution in [1.82, 2.24) is 10.2 Å². The van der Waals surface area contributed by atoms with Crippen molar-refractivity contribution < 1.29 is 9.59 Å². The third kappa shape index (κ3) is 5.24. The summed E-state index contributed by atoms with van der Waals surface area (Å²) in [6, 6.07) is 8.25. The molecule has 0 aromatic heterocycles. The third-order valence-corrected chi connectivity index (χ3v) is 3.07. The first kappa shape index (κ1) is 16.7. The van der Waals surface area contributed by atoms with Crippen LogP contribution in [-0.2, 0) is 9.59 Å². The van der Waals surface area contributed by atoms with E-state index >= 15 is 0 Å². The van der Waals surface area contributed by atoms with Gasteiger partial charge in [-0.15, -0.1) is 0 Å². The van der Waals surface area contributed by atoms with Crippen molar-refractivity contribution in [3.63, 3.8) is 0 Å². The largest absolute Gasteiger partial charge is 0.355 e. The minimum Gasteiger partial charge on any atom is -0.355 e. The van der Waals surface area contributed by atoms with Crippen molar-refractivity contribution in [2.45, 2.75) is 19.9 Å². The molecule has 21 heavy (non-hydrogen) atoms. The van der Waals surface area contributed by atoms with Gasteiger partial charge in [-0.05, 0) is 39.1 Å². The molecule has 1 atom stereocenters. The number of benzene rings is 1. The maximum atomic E-state index is 12.1. The van der Waals surface area contributed by atoms with Gasteiger partial charge in [-0.2, -0.15) is 5.26 Å².